The Balaban J connectivity index is 1.59. The van der Waals surface area contributed by atoms with Gasteiger partial charge in [-0.25, -0.2) is 4.98 Å². The number of hydrogen-bond donors (Lipinski definition) is 0. The Morgan fingerprint density at radius 1 is 1.26 bits per heavy atom. The maximum Gasteiger partial charge on any atom is 0.416 e. The maximum atomic E-state index is 13.0. The average Bonchev–Trinajstić information content (AvgIpc) is 3.17. The van der Waals surface area contributed by atoms with Crippen molar-refractivity contribution >= 4 is 5.91 Å². The van der Waals surface area contributed by atoms with Gasteiger partial charge in [-0.05, 0) is 18.2 Å². The first kappa shape index (κ1) is 17.8. The minimum atomic E-state index is -4.51. The van der Waals surface area contributed by atoms with E-state index in [1.165, 1.54) is 11.0 Å². The lowest BCUT2D eigenvalue weighted by Gasteiger charge is -2.25. The quantitative estimate of drug-likeness (QED) is 0.801. The van der Waals surface area contributed by atoms with E-state index in [1.807, 2.05) is 17.8 Å². The number of amides is 1. The number of likely N-dealkylation sites (tertiary alicyclic amines) is 1. The third-order valence-electron chi connectivity index (χ3n) is 5.23. The number of imidazole rings is 1. The van der Waals surface area contributed by atoms with Crippen LogP contribution in [0.15, 0.2) is 30.6 Å². The number of nitrogens with zero attached hydrogens (tertiary/aromatic N) is 4. The van der Waals surface area contributed by atoms with E-state index >= 15 is 0 Å². The van der Waals surface area contributed by atoms with Crippen LogP contribution in [0.4, 0.5) is 13.2 Å². The van der Waals surface area contributed by atoms with E-state index in [-0.39, 0.29) is 23.5 Å². The van der Waals surface area contributed by atoms with E-state index in [0.29, 0.717) is 19.6 Å². The number of aryl methyl sites for hydroxylation is 1. The van der Waals surface area contributed by atoms with Crippen LogP contribution in [0, 0.1) is 0 Å². The Hall–Kier alpha value is -2.55. The summed E-state index contributed by atoms with van der Waals surface area (Å²) < 4.78 is 46.9. The fourth-order valence-corrected chi connectivity index (χ4v) is 3.68. The van der Waals surface area contributed by atoms with Crippen molar-refractivity contribution in [2.75, 3.05) is 20.1 Å². The van der Waals surface area contributed by atoms with Crippen LogP contribution in [0.5, 0.6) is 5.75 Å². The normalized spacial score (nSPS) is 23.0. The molecule has 4 rings (SSSR count). The monoisotopic (exact) mass is 380 g/mol. The van der Waals surface area contributed by atoms with Crippen molar-refractivity contribution in [1.29, 1.82) is 0 Å². The van der Waals surface area contributed by atoms with Crippen molar-refractivity contribution in [3.8, 4) is 5.75 Å². The van der Waals surface area contributed by atoms with Crippen molar-refractivity contribution in [2.45, 2.75) is 24.9 Å². The molecule has 2 aliphatic rings. The lowest BCUT2D eigenvalue weighted by molar-refractivity contribution is -0.137. The molecule has 2 aromatic rings. The maximum absolute atomic E-state index is 13.0. The number of alkyl halides is 3. The molecule has 1 amide bonds. The van der Waals surface area contributed by atoms with Crippen molar-refractivity contribution in [3.63, 3.8) is 0 Å². The molecule has 6 nitrogen and oxygen atoms in total. The van der Waals surface area contributed by atoms with Gasteiger partial charge in [0.25, 0.3) is 5.91 Å². The van der Waals surface area contributed by atoms with Gasteiger partial charge in [0.05, 0.1) is 23.7 Å². The van der Waals surface area contributed by atoms with Gasteiger partial charge in [-0.15, -0.1) is 0 Å². The van der Waals surface area contributed by atoms with E-state index in [1.54, 1.807) is 13.2 Å². The molecule has 0 aliphatic carbocycles. The minimum absolute atomic E-state index is 0.0441. The number of carbonyl (C=O) groups excluding carboxylic acids is 1. The predicted octanol–water partition coefficient (Wildman–Crippen LogP) is 2.16. The van der Waals surface area contributed by atoms with Gasteiger partial charge in [0.2, 0.25) is 0 Å². The van der Waals surface area contributed by atoms with Gasteiger partial charge in [0.15, 0.2) is 0 Å². The molecule has 1 fully saturated rings. The second-order valence-electron chi connectivity index (χ2n) is 7.00. The van der Waals surface area contributed by atoms with E-state index in [4.69, 9.17) is 4.74 Å². The predicted molar refractivity (Wildman–Crippen MR) is 90.2 cm³/mol. The van der Waals surface area contributed by atoms with Gasteiger partial charge >= 0.3 is 6.18 Å². The smallest absolute Gasteiger partial charge is 0.416 e. The first-order chi connectivity index (χ1) is 12.7. The van der Waals surface area contributed by atoms with Crippen molar-refractivity contribution < 1.29 is 22.7 Å². The highest BCUT2D eigenvalue weighted by atomic mass is 19.4. The standard InChI is InChI=1S/C18H19F3N4O2/c1-23-6-5-22-16(23)10-25-8-13-15(9-25)27-14-4-3-11(18(19,20)21)7-12(14)17(26)24(13)2/h3-7,13,15H,8-10H2,1-2H3/t13-,15+/m1/s1. The third kappa shape index (κ3) is 3.16. The average molecular weight is 380 g/mol. The van der Waals surface area contributed by atoms with Crippen LogP contribution in [0.1, 0.15) is 21.7 Å². The molecule has 0 saturated carbocycles. The summed E-state index contributed by atoms with van der Waals surface area (Å²) in [5.74, 6) is 0.643. The molecule has 2 aliphatic heterocycles. The topological polar surface area (TPSA) is 50.6 Å². The molecule has 0 radical (unpaired) electrons. The summed E-state index contributed by atoms with van der Waals surface area (Å²) in [6, 6.07) is 2.83. The number of likely N-dealkylation sites (N-methyl/N-ethyl adjacent to an activating group) is 1. The fraction of sp³-hybridized carbons (Fsp3) is 0.444. The van der Waals surface area contributed by atoms with E-state index in [9.17, 15) is 18.0 Å². The Bertz CT molecular complexity index is 880. The number of rotatable bonds is 2. The molecule has 1 aromatic carbocycles. The molecule has 27 heavy (non-hydrogen) atoms. The molecule has 1 aromatic heterocycles. The molecule has 9 heteroatoms. The van der Waals surface area contributed by atoms with Crippen LogP contribution < -0.4 is 4.74 Å². The van der Waals surface area contributed by atoms with Gasteiger partial charge in [-0.2, -0.15) is 13.2 Å². The number of halogens is 3. The lowest BCUT2D eigenvalue weighted by atomic mass is 10.1. The Morgan fingerprint density at radius 3 is 2.70 bits per heavy atom. The third-order valence-corrected chi connectivity index (χ3v) is 5.23. The minimum Gasteiger partial charge on any atom is -0.486 e. The molecule has 3 heterocycles. The highest BCUT2D eigenvalue weighted by molar-refractivity contribution is 5.97. The van der Waals surface area contributed by atoms with Gasteiger partial charge < -0.3 is 14.2 Å². The van der Waals surface area contributed by atoms with Gasteiger partial charge in [-0.1, -0.05) is 0 Å². The Morgan fingerprint density at radius 2 is 2.04 bits per heavy atom. The summed E-state index contributed by atoms with van der Waals surface area (Å²) in [6.07, 6.45) is -1.22. The molecule has 0 unspecified atom stereocenters. The molecule has 1 saturated heterocycles. The van der Waals surface area contributed by atoms with E-state index in [0.717, 1.165) is 18.0 Å². The van der Waals surface area contributed by atoms with Crippen LogP contribution >= 0.6 is 0 Å². The largest absolute Gasteiger partial charge is 0.486 e. The van der Waals surface area contributed by atoms with Crippen LogP contribution in [-0.2, 0) is 19.8 Å². The SMILES string of the molecule is CN1C(=O)c2cc(C(F)(F)F)ccc2O[C@H]2CN(Cc3nccn3C)C[C@H]21. The first-order valence-corrected chi connectivity index (χ1v) is 8.57. The van der Waals surface area contributed by atoms with Crippen molar-refractivity contribution in [3.05, 3.63) is 47.5 Å². The molecule has 0 spiro atoms. The zero-order valence-electron chi connectivity index (χ0n) is 14.9. The van der Waals surface area contributed by atoms with Gasteiger partial charge in [0.1, 0.15) is 17.7 Å². The van der Waals surface area contributed by atoms with E-state index in [2.05, 4.69) is 9.88 Å². The highest BCUT2D eigenvalue weighted by Gasteiger charge is 2.43. The lowest BCUT2D eigenvalue weighted by Crippen LogP contribution is -2.44. The number of hydrogen-bond acceptors (Lipinski definition) is 4. The van der Waals surface area contributed by atoms with E-state index < -0.39 is 17.6 Å². The first-order valence-electron chi connectivity index (χ1n) is 8.57. The molecule has 0 bridgehead atoms. The second kappa shape index (κ2) is 6.26. The number of carbonyl (C=O) groups is 1. The van der Waals surface area contributed by atoms with Crippen LogP contribution in [0.25, 0.3) is 0 Å². The number of fused-ring (bicyclic) bond motifs is 2. The Labute approximate surface area is 154 Å². The molecular weight excluding hydrogens is 361 g/mol. The number of ether oxygens (including phenoxy) is 1. The van der Waals surface area contributed by atoms with Crippen LogP contribution in [0.2, 0.25) is 0 Å². The van der Waals surface area contributed by atoms with Gasteiger partial charge in [-0.3, -0.25) is 9.69 Å². The van der Waals surface area contributed by atoms with Crippen molar-refractivity contribution in [2.24, 2.45) is 7.05 Å². The summed E-state index contributed by atoms with van der Waals surface area (Å²) in [5, 5.41) is 0. The van der Waals surface area contributed by atoms with Gasteiger partial charge in [0, 0.05) is 39.6 Å². The second-order valence-corrected chi connectivity index (χ2v) is 7.00. The number of aromatic nitrogens is 2. The molecule has 0 N–H and O–H groups in total. The molecule has 144 valence electrons. The van der Waals surface area contributed by atoms with Crippen molar-refractivity contribution in [1.82, 2.24) is 19.4 Å². The zero-order chi connectivity index (χ0) is 19.3. The summed E-state index contributed by atoms with van der Waals surface area (Å²) in [5.41, 5.74) is -0.896. The van der Waals surface area contributed by atoms with Crippen LogP contribution in [0.3, 0.4) is 0 Å². The highest BCUT2D eigenvalue weighted by Crippen LogP contribution is 2.36. The van der Waals surface area contributed by atoms with Crippen LogP contribution in [-0.4, -0.2) is 57.5 Å². The number of benzene rings is 1. The zero-order valence-corrected chi connectivity index (χ0v) is 14.9. The Kier molecular flexibility index (Phi) is 4.14. The fourth-order valence-electron chi connectivity index (χ4n) is 3.68. The summed E-state index contributed by atoms with van der Waals surface area (Å²) in [7, 11) is 3.53. The molecular formula is C18H19F3N4O2. The summed E-state index contributed by atoms with van der Waals surface area (Å²) in [6.45, 7) is 1.75. The summed E-state index contributed by atoms with van der Waals surface area (Å²) >= 11 is 0. The molecule has 2 atom stereocenters. The summed E-state index contributed by atoms with van der Waals surface area (Å²) in [4.78, 5) is 20.7.